The molecule has 0 bridgehead atoms. The summed E-state index contributed by atoms with van der Waals surface area (Å²) < 4.78 is 6.28. The molecule has 3 rings (SSSR count). The van der Waals surface area contributed by atoms with E-state index >= 15 is 0 Å². The summed E-state index contributed by atoms with van der Waals surface area (Å²) in [5, 5.41) is 0. The molecule has 0 aliphatic carbocycles. The van der Waals surface area contributed by atoms with Crippen molar-refractivity contribution in [3.05, 3.63) is 64.1 Å². The van der Waals surface area contributed by atoms with E-state index < -0.39 is 0 Å². The molecule has 0 aromatic heterocycles. The van der Waals surface area contributed by atoms with Crippen LogP contribution >= 0.6 is 15.9 Å². The number of carbonyl (C=O) groups is 1. The van der Waals surface area contributed by atoms with Gasteiger partial charge in [-0.15, -0.1) is 0 Å². The molecule has 1 aliphatic heterocycles. The number of hydrogen-bond acceptors (Lipinski definition) is 3. The molecule has 0 radical (unpaired) electrons. The Morgan fingerprint density at radius 3 is 2.48 bits per heavy atom. The standard InChI is InChI=1S/C21H22BrNO2/c1-25-21-12-8-18(22)15-17(21)7-11-20(24)16-5-9-19(10-6-16)23-13-3-2-4-14-23/h5-12,15H,2-4,13-14H2,1H3/b11-7+. The Morgan fingerprint density at radius 1 is 1.08 bits per heavy atom. The summed E-state index contributed by atoms with van der Waals surface area (Å²) in [6.07, 6.45) is 7.21. The monoisotopic (exact) mass is 399 g/mol. The van der Waals surface area contributed by atoms with Crippen LogP contribution in [0.2, 0.25) is 0 Å². The highest BCUT2D eigenvalue weighted by Crippen LogP contribution is 2.25. The number of ketones is 1. The van der Waals surface area contributed by atoms with Crippen LogP contribution in [0.4, 0.5) is 5.69 Å². The van der Waals surface area contributed by atoms with Crippen molar-refractivity contribution in [2.45, 2.75) is 19.3 Å². The summed E-state index contributed by atoms with van der Waals surface area (Å²) >= 11 is 3.44. The first kappa shape index (κ1) is 17.7. The van der Waals surface area contributed by atoms with Gasteiger partial charge in [0.05, 0.1) is 7.11 Å². The first-order chi connectivity index (χ1) is 12.2. The van der Waals surface area contributed by atoms with Crippen molar-refractivity contribution in [1.29, 1.82) is 0 Å². The minimum Gasteiger partial charge on any atom is -0.496 e. The van der Waals surface area contributed by atoms with Gasteiger partial charge in [0.15, 0.2) is 5.78 Å². The maximum Gasteiger partial charge on any atom is 0.185 e. The molecule has 1 saturated heterocycles. The number of benzene rings is 2. The maximum absolute atomic E-state index is 12.4. The van der Waals surface area contributed by atoms with Crippen LogP contribution in [-0.4, -0.2) is 26.0 Å². The van der Waals surface area contributed by atoms with Crippen LogP contribution in [0.1, 0.15) is 35.2 Å². The van der Waals surface area contributed by atoms with E-state index in [0.717, 1.165) is 28.9 Å². The summed E-state index contributed by atoms with van der Waals surface area (Å²) in [4.78, 5) is 14.8. The van der Waals surface area contributed by atoms with E-state index in [0.29, 0.717) is 5.56 Å². The maximum atomic E-state index is 12.4. The molecular formula is C21H22BrNO2. The van der Waals surface area contributed by atoms with Gasteiger partial charge in [-0.05, 0) is 73.9 Å². The fourth-order valence-corrected chi connectivity index (χ4v) is 3.46. The number of piperidine rings is 1. The molecule has 0 spiro atoms. The van der Waals surface area contributed by atoms with E-state index in [4.69, 9.17) is 4.74 Å². The quantitative estimate of drug-likeness (QED) is 0.501. The first-order valence-corrected chi connectivity index (χ1v) is 9.37. The molecule has 1 heterocycles. The molecule has 25 heavy (non-hydrogen) atoms. The van der Waals surface area contributed by atoms with E-state index in [1.165, 1.54) is 24.9 Å². The van der Waals surface area contributed by atoms with Gasteiger partial charge in [-0.3, -0.25) is 4.79 Å². The van der Waals surface area contributed by atoms with Crippen molar-refractivity contribution in [1.82, 2.24) is 0 Å². The van der Waals surface area contributed by atoms with E-state index in [1.807, 2.05) is 42.5 Å². The van der Waals surface area contributed by atoms with Gasteiger partial charge in [0.2, 0.25) is 0 Å². The van der Waals surface area contributed by atoms with Crippen molar-refractivity contribution in [2.24, 2.45) is 0 Å². The van der Waals surface area contributed by atoms with Gasteiger partial charge in [0.25, 0.3) is 0 Å². The number of carbonyl (C=O) groups excluding carboxylic acids is 1. The lowest BCUT2D eigenvalue weighted by Crippen LogP contribution is -2.29. The fraction of sp³-hybridized carbons (Fsp3) is 0.286. The van der Waals surface area contributed by atoms with Crippen molar-refractivity contribution >= 4 is 33.5 Å². The molecular weight excluding hydrogens is 378 g/mol. The summed E-state index contributed by atoms with van der Waals surface area (Å²) in [5.74, 6) is 0.736. The highest BCUT2D eigenvalue weighted by Gasteiger charge is 2.11. The Bertz CT molecular complexity index is 762. The lowest BCUT2D eigenvalue weighted by molar-refractivity contribution is 0.104. The third kappa shape index (κ3) is 4.51. The molecule has 0 N–H and O–H groups in total. The van der Waals surface area contributed by atoms with Gasteiger partial charge in [-0.1, -0.05) is 15.9 Å². The zero-order valence-corrected chi connectivity index (χ0v) is 16.0. The summed E-state index contributed by atoms with van der Waals surface area (Å²) in [5.41, 5.74) is 2.77. The molecule has 130 valence electrons. The van der Waals surface area contributed by atoms with Crippen LogP contribution in [0, 0.1) is 0 Å². The lowest BCUT2D eigenvalue weighted by Gasteiger charge is -2.28. The predicted molar refractivity (Wildman–Crippen MR) is 107 cm³/mol. The minimum atomic E-state index is -0.00720. The van der Waals surface area contributed by atoms with Gasteiger partial charge in [-0.25, -0.2) is 0 Å². The summed E-state index contributed by atoms with van der Waals surface area (Å²) in [6, 6.07) is 13.6. The molecule has 1 fully saturated rings. The van der Waals surface area contributed by atoms with E-state index in [-0.39, 0.29) is 5.78 Å². The number of nitrogens with zero attached hydrogens (tertiary/aromatic N) is 1. The fourth-order valence-electron chi connectivity index (χ4n) is 3.09. The topological polar surface area (TPSA) is 29.5 Å². The summed E-state index contributed by atoms with van der Waals surface area (Å²) in [7, 11) is 1.63. The number of allylic oxidation sites excluding steroid dienone is 1. The van der Waals surface area contributed by atoms with Gasteiger partial charge in [0.1, 0.15) is 5.75 Å². The number of hydrogen-bond donors (Lipinski definition) is 0. The normalized spacial score (nSPS) is 14.7. The lowest BCUT2D eigenvalue weighted by atomic mass is 10.1. The van der Waals surface area contributed by atoms with Crippen molar-refractivity contribution in [3.63, 3.8) is 0 Å². The average molecular weight is 400 g/mol. The number of anilines is 1. The molecule has 0 amide bonds. The van der Waals surface area contributed by atoms with Gasteiger partial charge >= 0.3 is 0 Å². The molecule has 0 unspecified atom stereocenters. The second-order valence-electron chi connectivity index (χ2n) is 6.18. The Morgan fingerprint density at radius 2 is 1.80 bits per heavy atom. The van der Waals surface area contributed by atoms with Crippen molar-refractivity contribution in [3.8, 4) is 5.75 Å². The molecule has 2 aromatic carbocycles. The van der Waals surface area contributed by atoms with Crippen LogP contribution in [-0.2, 0) is 0 Å². The SMILES string of the molecule is COc1ccc(Br)cc1/C=C/C(=O)c1ccc(N2CCCCC2)cc1. The zero-order valence-electron chi connectivity index (χ0n) is 14.4. The molecule has 1 aliphatic rings. The van der Waals surface area contributed by atoms with Gasteiger partial charge in [0, 0.05) is 34.4 Å². The molecule has 3 nitrogen and oxygen atoms in total. The Kier molecular flexibility index (Phi) is 5.92. The third-order valence-corrected chi connectivity index (χ3v) is 4.97. The number of halogens is 1. The van der Waals surface area contributed by atoms with E-state index in [1.54, 1.807) is 19.3 Å². The van der Waals surface area contributed by atoms with Gasteiger partial charge < -0.3 is 9.64 Å². The van der Waals surface area contributed by atoms with Crippen molar-refractivity contribution < 1.29 is 9.53 Å². The molecule has 0 atom stereocenters. The van der Waals surface area contributed by atoms with Gasteiger partial charge in [-0.2, -0.15) is 0 Å². The third-order valence-electron chi connectivity index (χ3n) is 4.48. The minimum absolute atomic E-state index is 0.00720. The largest absolute Gasteiger partial charge is 0.496 e. The predicted octanol–water partition coefficient (Wildman–Crippen LogP) is 5.34. The second-order valence-corrected chi connectivity index (χ2v) is 7.09. The van der Waals surface area contributed by atoms with Crippen LogP contribution in [0.3, 0.4) is 0 Å². The first-order valence-electron chi connectivity index (χ1n) is 8.58. The molecule has 2 aromatic rings. The molecule has 4 heteroatoms. The van der Waals surface area contributed by atoms with Crippen molar-refractivity contribution in [2.75, 3.05) is 25.1 Å². The summed E-state index contributed by atoms with van der Waals surface area (Å²) in [6.45, 7) is 2.21. The van der Waals surface area contributed by atoms with Crippen LogP contribution < -0.4 is 9.64 Å². The van der Waals surface area contributed by atoms with Crippen LogP contribution in [0.5, 0.6) is 5.75 Å². The highest BCUT2D eigenvalue weighted by molar-refractivity contribution is 9.10. The second kappa shape index (κ2) is 8.34. The number of ether oxygens (including phenoxy) is 1. The molecule has 0 saturated carbocycles. The zero-order chi connectivity index (χ0) is 17.6. The Hall–Kier alpha value is -2.07. The van der Waals surface area contributed by atoms with E-state index in [2.05, 4.69) is 20.8 Å². The number of rotatable bonds is 5. The highest BCUT2D eigenvalue weighted by atomic mass is 79.9. The van der Waals surface area contributed by atoms with Crippen LogP contribution in [0.25, 0.3) is 6.08 Å². The van der Waals surface area contributed by atoms with Crippen LogP contribution in [0.15, 0.2) is 53.0 Å². The Balaban J connectivity index is 1.72. The van der Waals surface area contributed by atoms with E-state index in [9.17, 15) is 4.79 Å². The smallest absolute Gasteiger partial charge is 0.185 e. The average Bonchev–Trinajstić information content (AvgIpc) is 2.67. The number of methoxy groups -OCH3 is 1. The Labute approximate surface area is 157 Å².